The van der Waals surface area contributed by atoms with Crippen molar-refractivity contribution in [3.63, 3.8) is 0 Å². The lowest BCUT2D eigenvalue weighted by atomic mass is 10.2. The van der Waals surface area contributed by atoms with Crippen LogP contribution in [-0.2, 0) is 6.54 Å². The number of hydrogen-bond donors (Lipinski definition) is 1. The Morgan fingerprint density at radius 2 is 2.11 bits per heavy atom. The maximum Gasteiger partial charge on any atom is 0.194 e. The third-order valence-electron chi connectivity index (χ3n) is 3.04. The highest BCUT2D eigenvalue weighted by molar-refractivity contribution is 14.0. The average molecular weight is 438 g/mol. The smallest absolute Gasteiger partial charge is 0.194 e. The number of aliphatic imine (C=N–C) groups is 1. The molecule has 0 saturated carbocycles. The van der Waals surface area contributed by atoms with Crippen molar-refractivity contribution in [1.82, 2.24) is 10.2 Å². The van der Waals surface area contributed by atoms with Gasteiger partial charge in [0.2, 0.25) is 0 Å². The molecule has 0 unspecified atom stereocenters. The van der Waals surface area contributed by atoms with Gasteiger partial charge in [-0.2, -0.15) is 0 Å². The van der Waals surface area contributed by atoms with E-state index in [9.17, 15) is 0 Å². The molecule has 1 aliphatic rings. The van der Waals surface area contributed by atoms with Crippen LogP contribution in [0.5, 0.6) is 0 Å². The zero-order valence-corrected chi connectivity index (χ0v) is 15.1. The fourth-order valence-electron chi connectivity index (χ4n) is 2.16. The van der Waals surface area contributed by atoms with Crippen molar-refractivity contribution in [2.45, 2.75) is 26.3 Å². The summed E-state index contributed by atoms with van der Waals surface area (Å²) in [5, 5.41) is 3.37. The van der Waals surface area contributed by atoms with Crippen molar-refractivity contribution in [3.8, 4) is 0 Å². The molecule has 1 fully saturated rings. The van der Waals surface area contributed by atoms with E-state index in [0.717, 1.165) is 36.6 Å². The van der Waals surface area contributed by atoms with Gasteiger partial charge in [0, 0.05) is 24.1 Å². The van der Waals surface area contributed by atoms with Crippen LogP contribution >= 0.6 is 39.9 Å². The fraction of sp³-hybridized carbons (Fsp3) is 0.500. The van der Waals surface area contributed by atoms with E-state index < -0.39 is 0 Å². The van der Waals surface area contributed by atoms with E-state index in [-0.39, 0.29) is 24.0 Å². The number of nitrogens with one attached hydrogen (secondary N) is 1. The number of guanidine groups is 1. The summed E-state index contributed by atoms with van der Waals surface area (Å²) < 4.78 is 1.11. The first-order valence-electron chi connectivity index (χ1n) is 6.57. The van der Waals surface area contributed by atoms with Gasteiger partial charge in [-0.1, -0.05) is 28.1 Å². The van der Waals surface area contributed by atoms with E-state index in [1.54, 1.807) is 0 Å². The first-order chi connectivity index (χ1) is 8.79. The Morgan fingerprint density at radius 1 is 1.37 bits per heavy atom. The Morgan fingerprint density at radius 3 is 2.74 bits per heavy atom. The lowest BCUT2D eigenvalue weighted by Crippen LogP contribution is -2.39. The number of benzene rings is 1. The van der Waals surface area contributed by atoms with Crippen molar-refractivity contribution in [1.29, 1.82) is 0 Å². The highest BCUT2D eigenvalue weighted by Gasteiger charge is 2.15. The number of halogens is 2. The van der Waals surface area contributed by atoms with Crippen LogP contribution in [0.15, 0.2) is 33.7 Å². The normalized spacial score (nSPS) is 15.3. The molecule has 1 aliphatic heterocycles. The molecule has 1 aromatic rings. The van der Waals surface area contributed by atoms with Gasteiger partial charge in [0.15, 0.2) is 5.96 Å². The van der Waals surface area contributed by atoms with E-state index >= 15 is 0 Å². The van der Waals surface area contributed by atoms with Crippen LogP contribution < -0.4 is 5.32 Å². The molecule has 0 aromatic heterocycles. The van der Waals surface area contributed by atoms with E-state index in [0.29, 0.717) is 0 Å². The highest BCUT2D eigenvalue weighted by Crippen LogP contribution is 2.13. The second-order valence-corrected chi connectivity index (χ2v) is 5.41. The van der Waals surface area contributed by atoms with Crippen LogP contribution in [-0.4, -0.2) is 30.5 Å². The number of hydrogen-bond acceptors (Lipinski definition) is 1. The largest absolute Gasteiger partial charge is 0.357 e. The third kappa shape index (κ3) is 5.30. The van der Waals surface area contributed by atoms with E-state index in [1.807, 2.05) is 6.07 Å². The molecule has 0 radical (unpaired) electrons. The molecular weight excluding hydrogens is 417 g/mol. The average Bonchev–Trinajstić information content (AvgIpc) is 2.88. The van der Waals surface area contributed by atoms with Gasteiger partial charge >= 0.3 is 0 Å². The number of nitrogens with zero attached hydrogens (tertiary/aromatic N) is 2. The van der Waals surface area contributed by atoms with Gasteiger partial charge in [-0.25, -0.2) is 4.99 Å². The first kappa shape index (κ1) is 16.8. The zero-order valence-electron chi connectivity index (χ0n) is 11.2. The summed E-state index contributed by atoms with van der Waals surface area (Å²) in [5.41, 5.74) is 1.24. The molecule has 19 heavy (non-hydrogen) atoms. The minimum absolute atomic E-state index is 0. The minimum atomic E-state index is 0. The van der Waals surface area contributed by atoms with Crippen LogP contribution in [0.3, 0.4) is 0 Å². The Bertz CT molecular complexity index is 417. The molecule has 0 aliphatic carbocycles. The molecule has 5 heteroatoms. The minimum Gasteiger partial charge on any atom is -0.357 e. The van der Waals surface area contributed by atoms with E-state index in [1.165, 1.54) is 18.4 Å². The summed E-state index contributed by atoms with van der Waals surface area (Å²) in [6.45, 7) is 6.03. The molecule has 3 nitrogen and oxygen atoms in total. The second kappa shape index (κ2) is 8.79. The van der Waals surface area contributed by atoms with Gasteiger partial charge in [-0.05, 0) is 37.5 Å². The third-order valence-corrected chi connectivity index (χ3v) is 3.53. The van der Waals surface area contributed by atoms with Crippen molar-refractivity contribution in [3.05, 3.63) is 34.3 Å². The lowest BCUT2D eigenvalue weighted by molar-refractivity contribution is 0.493. The standard InChI is InChI=1S/C14H20BrN3.HI/c1-2-16-14(18-8-3-4-9-18)17-11-12-6-5-7-13(15)10-12;/h5-7,10H,2-4,8-9,11H2,1H3,(H,16,17);1H. The van der Waals surface area contributed by atoms with E-state index in [4.69, 9.17) is 4.99 Å². The quantitative estimate of drug-likeness (QED) is 0.444. The highest BCUT2D eigenvalue weighted by atomic mass is 127. The molecule has 0 atom stereocenters. The predicted octanol–water partition coefficient (Wildman–Crippen LogP) is 3.63. The molecule has 0 spiro atoms. The summed E-state index contributed by atoms with van der Waals surface area (Å²) in [6.07, 6.45) is 2.56. The SMILES string of the molecule is CCNC(=NCc1cccc(Br)c1)N1CCCC1.I. The Balaban J connectivity index is 0.00000180. The molecule has 2 rings (SSSR count). The molecule has 0 amide bonds. The van der Waals surface area contributed by atoms with Gasteiger partial charge in [0.05, 0.1) is 6.54 Å². The summed E-state index contributed by atoms with van der Waals surface area (Å²) in [5.74, 6) is 1.05. The fourth-order valence-corrected chi connectivity index (χ4v) is 2.60. The van der Waals surface area contributed by atoms with Gasteiger partial charge in [-0.3, -0.25) is 0 Å². The first-order valence-corrected chi connectivity index (χ1v) is 7.36. The van der Waals surface area contributed by atoms with Gasteiger partial charge in [0.1, 0.15) is 0 Å². The molecule has 1 saturated heterocycles. The number of likely N-dealkylation sites (tertiary alicyclic amines) is 1. The van der Waals surface area contributed by atoms with Crippen molar-refractivity contribution >= 4 is 45.9 Å². The predicted molar refractivity (Wildman–Crippen MR) is 95.2 cm³/mol. The lowest BCUT2D eigenvalue weighted by Gasteiger charge is -2.20. The van der Waals surface area contributed by atoms with Crippen molar-refractivity contribution < 1.29 is 0 Å². The topological polar surface area (TPSA) is 27.6 Å². The second-order valence-electron chi connectivity index (χ2n) is 4.49. The van der Waals surface area contributed by atoms with Gasteiger partial charge in [-0.15, -0.1) is 24.0 Å². The Labute approximate surface area is 141 Å². The summed E-state index contributed by atoms with van der Waals surface area (Å²) in [6, 6.07) is 8.33. The molecular formula is C14H21BrIN3. The molecule has 106 valence electrons. The van der Waals surface area contributed by atoms with Crippen LogP contribution in [0.2, 0.25) is 0 Å². The van der Waals surface area contributed by atoms with Gasteiger partial charge in [0.25, 0.3) is 0 Å². The van der Waals surface area contributed by atoms with E-state index in [2.05, 4.69) is 51.3 Å². The summed E-state index contributed by atoms with van der Waals surface area (Å²) in [7, 11) is 0. The molecule has 1 aromatic carbocycles. The maximum atomic E-state index is 4.72. The number of rotatable bonds is 3. The zero-order chi connectivity index (χ0) is 12.8. The van der Waals surface area contributed by atoms with Crippen molar-refractivity contribution in [2.75, 3.05) is 19.6 Å². The monoisotopic (exact) mass is 437 g/mol. The summed E-state index contributed by atoms with van der Waals surface area (Å²) in [4.78, 5) is 7.07. The van der Waals surface area contributed by atoms with Crippen molar-refractivity contribution in [2.24, 2.45) is 4.99 Å². The molecule has 0 bridgehead atoms. The molecule has 1 N–H and O–H groups in total. The van der Waals surface area contributed by atoms with Crippen LogP contribution in [0.4, 0.5) is 0 Å². The van der Waals surface area contributed by atoms with Crippen LogP contribution in [0.25, 0.3) is 0 Å². The Hall–Kier alpha value is -0.300. The Kier molecular flexibility index (Phi) is 7.75. The molecule has 1 heterocycles. The maximum absolute atomic E-state index is 4.72. The van der Waals surface area contributed by atoms with Gasteiger partial charge < -0.3 is 10.2 Å². The van der Waals surface area contributed by atoms with Crippen LogP contribution in [0.1, 0.15) is 25.3 Å². The summed E-state index contributed by atoms with van der Waals surface area (Å²) >= 11 is 3.49. The van der Waals surface area contributed by atoms with Crippen LogP contribution in [0, 0.1) is 0 Å².